The van der Waals surface area contributed by atoms with Crippen molar-refractivity contribution in [1.82, 2.24) is 14.8 Å². The number of carbonyl (C=O) groups excluding carboxylic acids is 2. The number of aromatic nitrogens is 3. The van der Waals surface area contributed by atoms with E-state index < -0.39 is 11.9 Å². The molecule has 0 unspecified atom stereocenters. The predicted octanol–water partition coefficient (Wildman–Crippen LogP) is 4.78. The third kappa shape index (κ3) is 4.34. The number of aryl methyl sites for hydroxylation is 3. The van der Waals surface area contributed by atoms with Crippen molar-refractivity contribution < 1.29 is 19.1 Å². The maximum Gasteiger partial charge on any atom is 0.343 e. The van der Waals surface area contributed by atoms with Gasteiger partial charge in [-0.15, -0.1) is 0 Å². The maximum absolute atomic E-state index is 13.1. The first-order valence-electron chi connectivity index (χ1n) is 10.9. The molecule has 0 radical (unpaired) electrons. The summed E-state index contributed by atoms with van der Waals surface area (Å²) in [7, 11) is 1.53. The van der Waals surface area contributed by atoms with Gasteiger partial charge in [0.05, 0.1) is 25.4 Å². The van der Waals surface area contributed by atoms with Gasteiger partial charge in [-0.3, -0.25) is 4.79 Å². The number of hydrogen-bond acceptors (Lipinski definition) is 6. The van der Waals surface area contributed by atoms with Gasteiger partial charge in [0.15, 0.2) is 11.6 Å². The SMILES string of the molecule is CCOC(=O)c1cnn(-c2cc(C)c3cc(C)cc(C)c3n2)c1NC(=O)c1cccc(OC)c1. The van der Waals surface area contributed by atoms with Crippen LogP contribution in [0.4, 0.5) is 5.82 Å². The van der Waals surface area contributed by atoms with Gasteiger partial charge in [0.25, 0.3) is 5.91 Å². The minimum atomic E-state index is -0.584. The van der Waals surface area contributed by atoms with Crippen LogP contribution in [0.25, 0.3) is 16.7 Å². The van der Waals surface area contributed by atoms with Crippen LogP contribution in [0.2, 0.25) is 0 Å². The Morgan fingerprint density at radius 2 is 1.85 bits per heavy atom. The van der Waals surface area contributed by atoms with Gasteiger partial charge in [0.2, 0.25) is 0 Å². The molecule has 0 saturated heterocycles. The van der Waals surface area contributed by atoms with Crippen molar-refractivity contribution in [3.05, 3.63) is 76.5 Å². The van der Waals surface area contributed by atoms with Crippen LogP contribution in [0.3, 0.4) is 0 Å². The van der Waals surface area contributed by atoms with Crippen LogP contribution in [0.5, 0.6) is 5.75 Å². The number of amides is 1. The zero-order valence-corrected chi connectivity index (χ0v) is 19.8. The second kappa shape index (κ2) is 9.35. The van der Waals surface area contributed by atoms with Crippen molar-refractivity contribution in [3.8, 4) is 11.6 Å². The van der Waals surface area contributed by atoms with Gasteiger partial charge in [0, 0.05) is 10.9 Å². The van der Waals surface area contributed by atoms with Gasteiger partial charge < -0.3 is 14.8 Å². The van der Waals surface area contributed by atoms with Gasteiger partial charge in [-0.2, -0.15) is 9.78 Å². The molecule has 1 amide bonds. The molecule has 34 heavy (non-hydrogen) atoms. The third-order valence-corrected chi connectivity index (χ3v) is 5.49. The van der Waals surface area contributed by atoms with Crippen molar-refractivity contribution in [3.63, 3.8) is 0 Å². The Bertz CT molecular complexity index is 1410. The summed E-state index contributed by atoms with van der Waals surface area (Å²) in [5.41, 5.74) is 4.52. The molecule has 0 aliphatic heterocycles. The maximum atomic E-state index is 13.1. The number of benzene rings is 2. The largest absolute Gasteiger partial charge is 0.497 e. The molecule has 8 heteroatoms. The number of methoxy groups -OCH3 is 1. The van der Waals surface area contributed by atoms with Gasteiger partial charge in [-0.05, 0) is 69.2 Å². The van der Waals surface area contributed by atoms with Crippen molar-refractivity contribution in [2.24, 2.45) is 0 Å². The van der Waals surface area contributed by atoms with Crippen LogP contribution in [0, 0.1) is 20.8 Å². The van der Waals surface area contributed by atoms with Crippen molar-refractivity contribution >= 4 is 28.6 Å². The molecule has 0 fully saturated rings. The van der Waals surface area contributed by atoms with E-state index >= 15 is 0 Å². The number of nitrogens with zero attached hydrogens (tertiary/aromatic N) is 3. The highest BCUT2D eigenvalue weighted by Gasteiger charge is 2.23. The number of carbonyl (C=O) groups is 2. The van der Waals surface area contributed by atoms with Gasteiger partial charge in [-0.25, -0.2) is 9.78 Å². The standard InChI is InChI=1S/C26H26N4O4/c1-6-34-26(32)21-14-27-30(24(21)29-25(31)18-8-7-9-19(13-18)33-5)22-12-16(3)20-11-15(2)10-17(4)23(20)28-22/h7-14H,6H2,1-5H3,(H,29,31). The Morgan fingerprint density at radius 3 is 2.59 bits per heavy atom. The molecular weight excluding hydrogens is 432 g/mol. The molecule has 174 valence electrons. The zero-order valence-electron chi connectivity index (χ0n) is 19.8. The Morgan fingerprint density at radius 1 is 1.06 bits per heavy atom. The lowest BCUT2D eigenvalue weighted by Gasteiger charge is -2.13. The second-order valence-electron chi connectivity index (χ2n) is 8.00. The molecule has 1 N–H and O–H groups in total. The Balaban J connectivity index is 1.84. The molecule has 2 aromatic carbocycles. The summed E-state index contributed by atoms with van der Waals surface area (Å²) in [6.07, 6.45) is 1.38. The first-order chi connectivity index (χ1) is 16.3. The highest BCUT2D eigenvalue weighted by atomic mass is 16.5. The summed E-state index contributed by atoms with van der Waals surface area (Å²) in [4.78, 5) is 30.5. The van der Waals surface area contributed by atoms with E-state index in [9.17, 15) is 9.59 Å². The summed E-state index contributed by atoms with van der Waals surface area (Å²) in [6, 6.07) is 12.8. The number of anilines is 1. The fraction of sp³-hybridized carbons (Fsp3) is 0.231. The van der Waals surface area contributed by atoms with Crippen molar-refractivity contribution in [1.29, 1.82) is 0 Å². The van der Waals surface area contributed by atoms with E-state index in [1.54, 1.807) is 31.2 Å². The van der Waals surface area contributed by atoms with E-state index in [1.165, 1.54) is 18.0 Å². The minimum Gasteiger partial charge on any atom is -0.497 e. The lowest BCUT2D eigenvalue weighted by molar-refractivity contribution is 0.0527. The molecule has 0 atom stereocenters. The lowest BCUT2D eigenvalue weighted by Crippen LogP contribution is -2.18. The van der Waals surface area contributed by atoms with Crippen molar-refractivity contribution in [2.45, 2.75) is 27.7 Å². The lowest BCUT2D eigenvalue weighted by atomic mass is 10.0. The summed E-state index contributed by atoms with van der Waals surface area (Å²) in [5, 5.41) is 8.24. The second-order valence-corrected chi connectivity index (χ2v) is 8.00. The van der Waals surface area contributed by atoms with Crippen LogP contribution < -0.4 is 10.1 Å². The van der Waals surface area contributed by atoms with Crippen LogP contribution >= 0.6 is 0 Å². The first kappa shape index (κ1) is 23.0. The third-order valence-electron chi connectivity index (χ3n) is 5.49. The quantitative estimate of drug-likeness (QED) is 0.418. The van der Waals surface area contributed by atoms with Crippen LogP contribution in [0.15, 0.2) is 48.7 Å². The molecule has 8 nitrogen and oxygen atoms in total. The average molecular weight is 459 g/mol. The first-order valence-corrected chi connectivity index (χ1v) is 10.9. The minimum absolute atomic E-state index is 0.137. The Labute approximate surface area is 197 Å². The number of fused-ring (bicyclic) bond motifs is 1. The normalized spacial score (nSPS) is 10.9. The number of ether oxygens (including phenoxy) is 2. The highest BCUT2D eigenvalue weighted by Crippen LogP contribution is 2.27. The molecule has 2 heterocycles. The van der Waals surface area contributed by atoms with E-state index in [-0.39, 0.29) is 18.0 Å². The van der Waals surface area contributed by atoms with E-state index in [0.29, 0.717) is 17.1 Å². The summed E-state index contributed by atoms with van der Waals surface area (Å²) >= 11 is 0. The van der Waals surface area contributed by atoms with E-state index in [0.717, 1.165) is 27.6 Å². The zero-order chi connectivity index (χ0) is 24.4. The van der Waals surface area contributed by atoms with E-state index in [4.69, 9.17) is 14.5 Å². The highest BCUT2D eigenvalue weighted by molar-refractivity contribution is 6.07. The molecule has 2 aromatic heterocycles. The topological polar surface area (TPSA) is 95.3 Å². The molecule has 0 aliphatic carbocycles. The molecule has 0 aliphatic rings. The average Bonchev–Trinajstić information content (AvgIpc) is 3.23. The fourth-order valence-corrected chi connectivity index (χ4v) is 3.88. The molecule has 4 rings (SSSR count). The monoisotopic (exact) mass is 458 g/mol. The van der Waals surface area contributed by atoms with Gasteiger partial charge in [0.1, 0.15) is 11.3 Å². The van der Waals surface area contributed by atoms with Gasteiger partial charge >= 0.3 is 5.97 Å². The number of nitrogens with one attached hydrogen (secondary N) is 1. The number of pyridine rings is 1. The van der Waals surface area contributed by atoms with E-state index in [1.807, 2.05) is 26.8 Å². The van der Waals surface area contributed by atoms with Crippen LogP contribution in [-0.4, -0.2) is 40.4 Å². The molecule has 0 saturated carbocycles. The summed E-state index contributed by atoms with van der Waals surface area (Å²) in [6.45, 7) is 7.96. The predicted molar refractivity (Wildman–Crippen MR) is 130 cm³/mol. The molecule has 4 aromatic rings. The molecule has 0 bridgehead atoms. The smallest absolute Gasteiger partial charge is 0.343 e. The summed E-state index contributed by atoms with van der Waals surface area (Å²) < 4.78 is 11.9. The number of rotatable bonds is 6. The molecular formula is C26H26N4O4. The summed E-state index contributed by atoms with van der Waals surface area (Å²) in [5.74, 6) is 0.203. The number of esters is 1. The Hall–Kier alpha value is -4.20. The molecule has 0 spiro atoms. The fourth-order valence-electron chi connectivity index (χ4n) is 3.88. The van der Waals surface area contributed by atoms with E-state index in [2.05, 4.69) is 22.5 Å². The van der Waals surface area contributed by atoms with Crippen LogP contribution in [-0.2, 0) is 4.74 Å². The number of hydrogen-bond donors (Lipinski definition) is 1. The van der Waals surface area contributed by atoms with Gasteiger partial charge in [-0.1, -0.05) is 17.7 Å². The van der Waals surface area contributed by atoms with Crippen molar-refractivity contribution in [2.75, 3.05) is 19.0 Å². The Kier molecular flexibility index (Phi) is 6.32. The van der Waals surface area contributed by atoms with Crippen LogP contribution in [0.1, 0.15) is 44.3 Å².